The number of hydrogen-bond acceptors (Lipinski definition) is 4. The maximum absolute atomic E-state index is 6.71. The molecule has 0 aliphatic carbocycles. The summed E-state index contributed by atoms with van der Waals surface area (Å²) in [5.74, 6) is 1.05. The van der Waals surface area contributed by atoms with Gasteiger partial charge in [0.1, 0.15) is 5.75 Å². The molecule has 3 aliphatic rings. The fourth-order valence-corrected chi connectivity index (χ4v) is 5.11. The van der Waals surface area contributed by atoms with Crippen molar-refractivity contribution in [3.05, 3.63) is 65.2 Å². The summed E-state index contributed by atoms with van der Waals surface area (Å²) in [7, 11) is 0. The first-order valence-electron chi connectivity index (χ1n) is 11.2. The van der Waals surface area contributed by atoms with Gasteiger partial charge < -0.3 is 9.64 Å². The van der Waals surface area contributed by atoms with Gasteiger partial charge >= 0.3 is 0 Å². The molecular formula is C25H31N3O. The van der Waals surface area contributed by atoms with Gasteiger partial charge in [-0.05, 0) is 36.6 Å². The first-order chi connectivity index (χ1) is 14.2. The van der Waals surface area contributed by atoms with Gasteiger partial charge in [0, 0.05) is 37.9 Å². The van der Waals surface area contributed by atoms with Gasteiger partial charge in [-0.1, -0.05) is 56.3 Å². The number of benzene rings is 2. The summed E-state index contributed by atoms with van der Waals surface area (Å²) in [6.07, 6.45) is 5.23. The highest BCUT2D eigenvalue weighted by Crippen LogP contribution is 2.49. The highest BCUT2D eigenvalue weighted by Gasteiger charge is 2.51. The van der Waals surface area contributed by atoms with Crippen LogP contribution in [0.25, 0.3) is 0 Å². The minimum Gasteiger partial charge on any atom is -0.466 e. The summed E-state index contributed by atoms with van der Waals surface area (Å²) >= 11 is 0. The molecule has 0 unspecified atom stereocenters. The van der Waals surface area contributed by atoms with Crippen molar-refractivity contribution in [1.82, 2.24) is 9.91 Å². The molecule has 0 amide bonds. The van der Waals surface area contributed by atoms with E-state index >= 15 is 0 Å². The average molecular weight is 390 g/mol. The van der Waals surface area contributed by atoms with Gasteiger partial charge in [-0.15, -0.1) is 0 Å². The Morgan fingerprint density at radius 2 is 1.79 bits per heavy atom. The Morgan fingerprint density at radius 3 is 2.52 bits per heavy atom. The van der Waals surface area contributed by atoms with Crippen molar-refractivity contribution in [1.29, 1.82) is 0 Å². The maximum Gasteiger partial charge on any atom is 0.200 e. The van der Waals surface area contributed by atoms with Crippen molar-refractivity contribution >= 4 is 5.71 Å². The molecule has 1 saturated heterocycles. The molecular weight excluding hydrogens is 358 g/mol. The van der Waals surface area contributed by atoms with Crippen LogP contribution in [-0.2, 0) is 6.42 Å². The number of ether oxygens (including phenoxy) is 1. The Kier molecular flexibility index (Phi) is 4.83. The van der Waals surface area contributed by atoms with Gasteiger partial charge in [-0.25, -0.2) is 5.01 Å². The monoisotopic (exact) mass is 389 g/mol. The predicted molar refractivity (Wildman–Crippen MR) is 117 cm³/mol. The molecule has 2 aromatic rings. The lowest BCUT2D eigenvalue weighted by Gasteiger charge is -2.51. The second kappa shape index (κ2) is 7.49. The largest absolute Gasteiger partial charge is 0.466 e. The number of nitrogens with zero attached hydrogens (tertiary/aromatic N) is 3. The van der Waals surface area contributed by atoms with Crippen molar-refractivity contribution in [2.75, 3.05) is 19.6 Å². The number of likely N-dealkylation sites (tertiary alicyclic amines) is 1. The Labute approximate surface area is 174 Å². The van der Waals surface area contributed by atoms with Crippen LogP contribution in [0.2, 0.25) is 0 Å². The van der Waals surface area contributed by atoms with E-state index in [9.17, 15) is 0 Å². The SMILES string of the molecule is CCCN1CCC2(CC1)Oc1ccccc1[C@H]1CC(c3ccc(CC)cc3)=NN12. The zero-order valence-electron chi connectivity index (χ0n) is 17.6. The molecule has 1 spiro atoms. The van der Waals surface area contributed by atoms with Crippen LogP contribution in [-0.4, -0.2) is 41.0 Å². The Bertz CT molecular complexity index is 897. The minimum atomic E-state index is -0.311. The summed E-state index contributed by atoms with van der Waals surface area (Å²) < 4.78 is 6.71. The van der Waals surface area contributed by atoms with Gasteiger partial charge in [0.25, 0.3) is 0 Å². The lowest BCUT2D eigenvalue weighted by molar-refractivity contribution is -0.149. The third-order valence-electron chi connectivity index (χ3n) is 6.78. The molecule has 5 rings (SSSR count). The number of fused-ring (bicyclic) bond motifs is 4. The molecule has 0 N–H and O–H groups in total. The highest BCUT2D eigenvalue weighted by atomic mass is 16.5. The third kappa shape index (κ3) is 3.24. The lowest BCUT2D eigenvalue weighted by Crippen LogP contribution is -2.59. The Hall–Kier alpha value is -2.33. The summed E-state index contributed by atoms with van der Waals surface area (Å²) in [5.41, 5.74) is 4.77. The molecule has 0 saturated carbocycles. The molecule has 29 heavy (non-hydrogen) atoms. The van der Waals surface area contributed by atoms with Crippen molar-refractivity contribution in [3.8, 4) is 5.75 Å². The fourth-order valence-electron chi connectivity index (χ4n) is 5.11. The lowest BCUT2D eigenvalue weighted by atomic mass is 9.90. The van der Waals surface area contributed by atoms with Crippen LogP contribution in [0.15, 0.2) is 53.6 Å². The van der Waals surface area contributed by atoms with E-state index in [0.29, 0.717) is 0 Å². The van der Waals surface area contributed by atoms with Gasteiger partial charge in [0.2, 0.25) is 5.72 Å². The number of hydrogen-bond donors (Lipinski definition) is 0. The zero-order valence-corrected chi connectivity index (χ0v) is 17.6. The van der Waals surface area contributed by atoms with E-state index in [1.54, 1.807) is 0 Å². The van der Waals surface area contributed by atoms with E-state index < -0.39 is 0 Å². The molecule has 1 fully saturated rings. The van der Waals surface area contributed by atoms with E-state index in [1.165, 1.54) is 35.4 Å². The van der Waals surface area contributed by atoms with Crippen LogP contribution < -0.4 is 4.74 Å². The number of hydrazone groups is 1. The molecule has 1 atom stereocenters. The second-order valence-corrected chi connectivity index (χ2v) is 8.59. The van der Waals surface area contributed by atoms with Gasteiger partial charge in [-0.2, -0.15) is 5.10 Å². The van der Waals surface area contributed by atoms with Crippen LogP contribution in [0, 0.1) is 0 Å². The first kappa shape index (κ1) is 18.7. The summed E-state index contributed by atoms with van der Waals surface area (Å²) in [6, 6.07) is 17.8. The number of para-hydroxylation sites is 1. The summed E-state index contributed by atoms with van der Waals surface area (Å²) in [4.78, 5) is 2.56. The molecule has 152 valence electrons. The van der Waals surface area contributed by atoms with Crippen molar-refractivity contribution in [2.45, 2.75) is 57.7 Å². The number of piperidine rings is 1. The van der Waals surface area contributed by atoms with Crippen LogP contribution in [0.1, 0.15) is 62.3 Å². The quantitative estimate of drug-likeness (QED) is 0.737. The van der Waals surface area contributed by atoms with Crippen molar-refractivity contribution in [3.63, 3.8) is 0 Å². The molecule has 3 aliphatic heterocycles. The second-order valence-electron chi connectivity index (χ2n) is 8.59. The topological polar surface area (TPSA) is 28.1 Å². The first-order valence-corrected chi connectivity index (χ1v) is 11.2. The third-order valence-corrected chi connectivity index (χ3v) is 6.78. The molecule has 4 nitrogen and oxygen atoms in total. The molecule has 2 aromatic carbocycles. The van der Waals surface area contributed by atoms with E-state index in [4.69, 9.17) is 9.84 Å². The van der Waals surface area contributed by atoms with Crippen LogP contribution in [0.5, 0.6) is 5.75 Å². The van der Waals surface area contributed by atoms with E-state index in [1.807, 2.05) is 0 Å². The molecule has 0 bridgehead atoms. The Balaban J connectivity index is 1.49. The summed E-state index contributed by atoms with van der Waals surface area (Å²) in [6.45, 7) is 7.79. The minimum absolute atomic E-state index is 0.276. The van der Waals surface area contributed by atoms with Gasteiger partial charge in [0.15, 0.2) is 0 Å². The fraction of sp³-hybridized carbons (Fsp3) is 0.480. The molecule has 3 heterocycles. The number of aryl methyl sites for hydroxylation is 1. The number of rotatable bonds is 4. The van der Waals surface area contributed by atoms with Crippen LogP contribution in [0.3, 0.4) is 0 Å². The van der Waals surface area contributed by atoms with Crippen LogP contribution >= 0.6 is 0 Å². The molecule has 4 heteroatoms. The predicted octanol–water partition coefficient (Wildman–Crippen LogP) is 4.99. The summed E-state index contributed by atoms with van der Waals surface area (Å²) in [5, 5.41) is 7.51. The Morgan fingerprint density at radius 1 is 1.03 bits per heavy atom. The normalized spacial score (nSPS) is 22.8. The smallest absolute Gasteiger partial charge is 0.200 e. The standard InChI is InChI=1S/C25H31N3O/c1-3-15-27-16-13-25(14-17-27)28-23(21-7-5-6-8-24(21)29-25)18-22(26-28)20-11-9-19(4-2)10-12-20/h5-12,23H,3-4,13-18H2,1-2H3/t23-/m1/s1. The van der Waals surface area contributed by atoms with Gasteiger partial charge in [-0.3, -0.25) is 0 Å². The maximum atomic E-state index is 6.71. The van der Waals surface area contributed by atoms with Gasteiger partial charge in [0.05, 0.1) is 11.8 Å². The highest BCUT2D eigenvalue weighted by molar-refractivity contribution is 6.02. The molecule has 0 radical (unpaired) electrons. The van der Waals surface area contributed by atoms with Crippen LogP contribution in [0.4, 0.5) is 0 Å². The zero-order chi connectivity index (χ0) is 19.8. The average Bonchev–Trinajstić information content (AvgIpc) is 3.23. The van der Waals surface area contributed by atoms with Crippen molar-refractivity contribution in [2.24, 2.45) is 5.10 Å². The molecule has 0 aromatic heterocycles. The van der Waals surface area contributed by atoms with E-state index in [-0.39, 0.29) is 11.8 Å². The van der Waals surface area contributed by atoms with Crippen molar-refractivity contribution < 1.29 is 4.74 Å². The van der Waals surface area contributed by atoms with E-state index in [0.717, 1.165) is 44.5 Å². The van der Waals surface area contributed by atoms with E-state index in [2.05, 4.69) is 72.3 Å².